The highest BCUT2D eigenvalue weighted by Crippen LogP contribution is 2.24. The van der Waals surface area contributed by atoms with Gasteiger partial charge in [-0.3, -0.25) is 4.90 Å². The number of hydrogen-bond donors (Lipinski definition) is 1. The Balaban J connectivity index is 1.56. The molecule has 1 aromatic heterocycles. The summed E-state index contributed by atoms with van der Waals surface area (Å²) in [6, 6.07) is 4.07. The van der Waals surface area contributed by atoms with Gasteiger partial charge in [0, 0.05) is 32.2 Å². The third kappa shape index (κ3) is 4.98. The van der Waals surface area contributed by atoms with Gasteiger partial charge in [-0.1, -0.05) is 6.42 Å². The molecule has 2 aliphatic heterocycles. The molecule has 0 saturated carbocycles. The van der Waals surface area contributed by atoms with E-state index in [1.807, 2.05) is 24.0 Å². The zero-order valence-corrected chi connectivity index (χ0v) is 15.3. The van der Waals surface area contributed by atoms with Crippen molar-refractivity contribution >= 4 is 6.03 Å². The second-order valence-electron chi connectivity index (χ2n) is 7.08. The summed E-state index contributed by atoms with van der Waals surface area (Å²) in [7, 11) is 0. The van der Waals surface area contributed by atoms with Crippen LogP contribution in [0, 0.1) is 5.92 Å². The minimum atomic E-state index is 0.0166. The molecule has 2 aliphatic rings. The van der Waals surface area contributed by atoms with Gasteiger partial charge < -0.3 is 19.4 Å². The summed E-state index contributed by atoms with van der Waals surface area (Å²) >= 11 is 0. The lowest BCUT2D eigenvalue weighted by molar-refractivity contribution is 0.137. The first-order valence-corrected chi connectivity index (χ1v) is 9.66. The molecule has 0 aliphatic carbocycles. The predicted octanol–water partition coefficient (Wildman–Crippen LogP) is 2.87. The number of amides is 2. The molecule has 0 radical (unpaired) electrons. The first-order chi connectivity index (χ1) is 12.3. The standard InChI is InChI=1S/C19H31N3O3/c1-2-21(14-16-8-12-24-15-16)19(23)20-13-17(18-7-6-11-25-18)22-9-4-3-5-10-22/h6-7,11,16-17H,2-5,8-10,12-15H2,1H3,(H,20,23)/t16-,17+/m1/s1. The number of nitrogens with zero attached hydrogens (tertiary/aromatic N) is 2. The summed E-state index contributed by atoms with van der Waals surface area (Å²) in [4.78, 5) is 17.0. The first kappa shape index (κ1) is 18.3. The maximum atomic E-state index is 12.6. The minimum absolute atomic E-state index is 0.0166. The quantitative estimate of drug-likeness (QED) is 0.822. The highest BCUT2D eigenvalue weighted by atomic mass is 16.5. The molecule has 3 heterocycles. The predicted molar refractivity (Wildman–Crippen MR) is 96.4 cm³/mol. The van der Waals surface area contributed by atoms with Crippen molar-refractivity contribution < 1.29 is 13.9 Å². The van der Waals surface area contributed by atoms with Gasteiger partial charge in [0.2, 0.25) is 0 Å². The van der Waals surface area contributed by atoms with E-state index in [9.17, 15) is 4.79 Å². The second-order valence-corrected chi connectivity index (χ2v) is 7.08. The zero-order chi connectivity index (χ0) is 17.5. The molecular formula is C19H31N3O3. The maximum absolute atomic E-state index is 12.6. The van der Waals surface area contributed by atoms with E-state index in [2.05, 4.69) is 10.2 Å². The van der Waals surface area contributed by atoms with Crippen molar-refractivity contribution in [3.63, 3.8) is 0 Å². The number of urea groups is 1. The van der Waals surface area contributed by atoms with Gasteiger partial charge in [-0.2, -0.15) is 0 Å². The minimum Gasteiger partial charge on any atom is -0.468 e. The largest absolute Gasteiger partial charge is 0.468 e. The van der Waals surface area contributed by atoms with Crippen molar-refractivity contribution in [2.24, 2.45) is 5.92 Å². The van der Waals surface area contributed by atoms with Crippen LogP contribution in [0.3, 0.4) is 0 Å². The molecule has 1 aromatic rings. The normalized spacial score (nSPS) is 22.7. The van der Waals surface area contributed by atoms with E-state index in [-0.39, 0.29) is 12.1 Å². The monoisotopic (exact) mass is 349 g/mol. The SMILES string of the molecule is CCN(C[C@H]1CCOC1)C(=O)NC[C@@H](c1ccco1)N1CCCCC1. The Morgan fingerprint density at radius 3 is 2.88 bits per heavy atom. The molecule has 2 saturated heterocycles. The Hall–Kier alpha value is -1.53. The van der Waals surface area contributed by atoms with E-state index >= 15 is 0 Å². The molecule has 6 heteroatoms. The fourth-order valence-electron chi connectivity index (χ4n) is 3.81. The van der Waals surface area contributed by atoms with Crippen molar-refractivity contribution in [3.05, 3.63) is 24.2 Å². The van der Waals surface area contributed by atoms with Crippen LogP contribution in [0.4, 0.5) is 4.79 Å². The summed E-state index contributed by atoms with van der Waals surface area (Å²) in [5.41, 5.74) is 0. The summed E-state index contributed by atoms with van der Waals surface area (Å²) in [6.45, 7) is 7.84. The third-order valence-electron chi connectivity index (χ3n) is 5.32. The van der Waals surface area contributed by atoms with Crippen LogP contribution in [0.1, 0.15) is 44.4 Å². The Morgan fingerprint density at radius 2 is 2.24 bits per heavy atom. The molecule has 0 aromatic carbocycles. The Bertz CT molecular complexity index is 508. The summed E-state index contributed by atoms with van der Waals surface area (Å²) in [6.07, 6.45) is 6.49. The van der Waals surface area contributed by atoms with Gasteiger partial charge in [-0.25, -0.2) is 4.79 Å². The number of furan rings is 1. The van der Waals surface area contributed by atoms with Crippen LogP contribution in [-0.2, 0) is 4.74 Å². The summed E-state index contributed by atoms with van der Waals surface area (Å²) in [5.74, 6) is 1.41. The van der Waals surface area contributed by atoms with E-state index in [1.165, 1.54) is 19.3 Å². The molecule has 0 spiro atoms. The molecule has 2 amide bonds. The summed E-state index contributed by atoms with van der Waals surface area (Å²) in [5, 5.41) is 3.14. The number of piperidine rings is 1. The lowest BCUT2D eigenvalue weighted by Gasteiger charge is -2.34. The topological polar surface area (TPSA) is 58.0 Å². The van der Waals surface area contributed by atoms with E-state index in [0.717, 1.165) is 51.6 Å². The van der Waals surface area contributed by atoms with Crippen LogP contribution in [0.2, 0.25) is 0 Å². The molecular weight excluding hydrogens is 318 g/mol. The van der Waals surface area contributed by atoms with Gasteiger partial charge in [0.25, 0.3) is 0 Å². The van der Waals surface area contributed by atoms with Crippen LogP contribution in [0.25, 0.3) is 0 Å². The number of hydrogen-bond acceptors (Lipinski definition) is 4. The van der Waals surface area contributed by atoms with Crippen molar-refractivity contribution in [1.82, 2.24) is 15.1 Å². The first-order valence-electron chi connectivity index (χ1n) is 9.66. The number of nitrogens with one attached hydrogen (secondary N) is 1. The second kappa shape index (κ2) is 9.25. The average Bonchev–Trinajstić information content (AvgIpc) is 3.35. The van der Waals surface area contributed by atoms with Crippen LogP contribution in [-0.4, -0.2) is 61.8 Å². The van der Waals surface area contributed by atoms with Crippen LogP contribution >= 0.6 is 0 Å². The van der Waals surface area contributed by atoms with Crippen LogP contribution < -0.4 is 5.32 Å². The van der Waals surface area contributed by atoms with E-state index in [1.54, 1.807) is 6.26 Å². The molecule has 140 valence electrons. The van der Waals surface area contributed by atoms with E-state index in [4.69, 9.17) is 9.15 Å². The molecule has 0 unspecified atom stereocenters. The third-order valence-corrected chi connectivity index (χ3v) is 5.32. The highest BCUT2D eigenvalue weighted by Gasteiger charge is 2.26. The van der Waals surface area contributed by atoms with Crippen molar-refractivity contribution in [2.75, 3.05) is 45.9 Å². The highest BCUT2D eigenvalue weighted by molar-refractivity contribution is 5.74. The number of rotatable bonds is 7. The molecule has 1 N–H and O–H groups in total. The van der Waals surface area contributed by atoms with Crippen molar-refractivity contribution in [3.8, 4) is 0 Å². The average molecular weight is 349 g/mol. The van der Waals surface area contributed by atoms with Gasteiger partial charge in [0.15, 0.2) is 0 Å². The number of carbonyl (C=O) groups excluding carboxylic acids is 1. The summed E-state index contributed by atoms with van der Waals surface area (Å²) < 4.78 is 11.1. The Kier molecular flexibility index (Phi) is 6.76. The number of carbonyl (C=O) groups is 1. The number of likely N-dealkylation sites (tertiary alicyclic amines) is 1. The van der Waals surface area contributed by atoms with Gasteiger partial charge >= 0.3 is 6.03 Å². The molecule has 3 rings (SSSR count). The lowest BCUT2D eigenvalue weighted by atomic mass is 10.1. The van der Waals surface area contributed by atoms with Gasteiger partial charge in [0.1, 0.15) is 5.76 Å². The molecule has 2 atom stereocenters. The van der Waals surface area contributed by atoms with Crippen LogP contribution in [0.5, 0.6) is 0 Å². The van der Waals surface area contributed by atoms with E-state index < -0.39 is 0 Å². The van der Waals surface area contributed by atoms with Gasteiger partial charge in [0.05, 0.1) is 18.9 Å². The van der Waals surface area contributed by atoms with Gasteiger partial charge in [-0.15, -0.1) is 0 Å². The van der Waals surface area contributed by atoms with Crippen molar-refractivity contribution in [2.45, 2.75) is 38.6 Å². The fourth-order valence-corrected chi connectivity index (χ4v) is 3.81. The lowest BCUT2D eigenvalue weighted by Crippen LogP contribution is -2.46. The zero-order valence-electron chi connectivity index (χ0n) is 15.3. The number of ether oxygens (including phenoxy) is 1. The Labute approximate surface area is 150 Å². The Morgan fingerprint density at radius 1 is 1.40 bits per heavy atom. The fraction of sp³-hybridized carbons (Fsp3) is 0.737. The van der Waals surface area contributed by atoms with E-state index in [0.29, 0.717) is 12.5 Å². The molecule has 6 nitrogen and oxygen atoms in total. The van der Waals surface area contributed by atoms with Crippen molar-refractivity contribution in [1.29, 1.82) is 0 Å². The maximum Gasteiger partial charge on any atom is 0.317 e. The molecule has 2 fully saturated rings. The smallest absolute Gasteiger partial charge is 0.317 e. The molecule has 0 bridgehead atoms. The molecule has 25 heavy (non-hydrogen) atoms. The van der Waals surface area contributed by atoms with Crippen LogP contribution in [0.15, 0.2) is 22.8 Å². The van der Waals surface area contributed by atoms with Gasteiger partial charge in [-0.05, 0) is 51.4 Å².